The van der Waals surface area contributed by atoms with Crippen LogP contribution in [0.4, 0.5) is 10.1 Å². The van der Waals surface area contributed by atoms with Crippen molar-refractivity contribution in [1.82, 2.24) is 9.55 Å². The predicted molar refractivity (Wildman–Crippen MR) is 136 cm³/mol. The van der Waals surface area contributed by atoms with Gasteiger partial charge in [0.1, 0.15) is 11.6 Å². The Morgan fingerprint density at radius 3 is 2.40 bits per heavy atom. The number of imidazole rings is 1. The highest BCUT2D eigenvalue weighted by molar-refractivity contribution is 5.82. The highest BCUT2D eigenvalue weighted by atomic mass is 19.1. The lowest BCUT2D eigenvalue weighted by Gasteiger charge is -2.15. The van der Waals surface area contributed by atoms with Gasteiger partial charge in [0.15, 0.2) is 0 Å². The molecule has 8 heteroatoms. The molecule has 0 bridgehead atoms. The van der Waals surface area contributed by atoms with Gasteiger partial charge in [-0.1, -0.05) is 26.0 Å². The Labute approximate surface area is 204 Å². The van der Waals surface area contributed by atoms with Gasteiger partial charge in [0.25, 0.3) is 0 Å². The van der Waals surface area contributed by atoms with Gasteiger partial charge < -0.3 is 24.8 Å². The lowest BCUT2D eigenvalue weighted by molar-refractivity contribution is -0.139. The number of carboxylic acid groups (broad SMARTS) is 1. The zero-order valence-corrected chi connectivity index (χ0v) is 20.4. The van der Waals surface area contributed by atoms with E-state index in [1.54, 1.807) is 18.3 Å². The second-order valence-electron chi connectivity index (χ2n) is 9.04. The minimum Gasteiger partial charge on any atom is -0.481 e. The molecule has 186 valence electrons. The minimum absolute atomic E-state index is 0.0272. The SMILES string of the molecule is CC(C)c1nc(-c2cccc(N(C)C)c2)c(-c2ccc(F)cc2)n1/C=C/C(O)CC(O)CC(=O)O. The summed E-state index contributed by atoms with van der Waals surface area (Å²) in [4.78, 5) is 17.8. The number of nitrogens with zero attached hydrogens (tertiary/aromatic N) is 3. The van der Waals surface area contributed by atoms with Gasteiger partial charge in [0.2, 0.25) is 0 Å². The molecule has 0 spiro atoms. The molecule has 0 fully saturated rings. The van der Waals surface area contributed by atoms with E-state index in [1.807, 2.05) is 61.7 Å². The monoisotopic (exact) mass is 481 g/mol. The molecular weight excluding hydrogens is 449 g/mol. The number of halogens is 1. The molecule has 0 aliphatic heterocycles. The number of hydrogen-bond acceptors (Lipinski definition) is 5. The van der Waals surface area contributed by atoms with Gasteiger partial charge in [-0.15, -0.1) is 0 Å². The number of aliphatic hydroxyl groups is 2. The van der Waals surface area contributed by atoms with Crippen molar-refractivity contribution in [3.8, 4) is 22.5 Å². The van der Waals surface area contributed by atoms with Gasteiger partial charge in [-0.3, -0.25) is 4.79 Å². The Hall–Kier alpha value is -3.49. The van der Waals surface area contributed by atoms with Crippen LogP contribution in [0.15, 0.2) is 54.6 Å². The number of carbonyl (C=O) groups is 1. The lowest BCUT2D eigenvalue weighted by Crippen LogP contribution is -2.19. The number of hydrogen-bond donors (Lipinski definition) is 3. The van der Waals surface area contributed by atoms with E-state index in [0.717, 1.165) is 28.3 Å². The first-order valence-corrected chi connectivity index (χ1v) is 11.5. The zero-order valence-electron chi connectivity index (χ0n) is 20.4. The maximum atomic E-state index is 13.7. The molecule has 0 aliphatic rings. The van der Waals surface area contributed by atoms with Crippen molar-refractivity contribution in [2.75, 3.05) is 19.0 Å². The van der Waals surface area contributed by atoms with E-state index >= 15 is 0 Å². The molecule has 1 heterocycles. The van der Waals surface area contributed by atoms with Crippen LogP contribution in [-0.4, -0.2) is 57.1 Å². The van der Waals surface area contributed by atoms with Crippen LogP contribution < -0.4 is 4.90 Å². The summed E-state index contributed by atoms with van der Waals surface area (Å²) in [5.41, 5.74) is 4.10. The summed E-state index contributed by atoms with van der Waals surface area (Å²) in [6, 6.07) is 14.1. The van der Waals surface area contributed by atoms with Gasteiger partial charge in [0, 0.05) is 49.4 Å². The van der Waals surface area contributed by atoms with E-state index in [1.165, 1.54) is 18.2 Å². The van der Waals surface area contributed by atoms with E-state index in [-0.39, 0.29) is 18.2 Å². The number of aliphatic carboxylic acids is 1. The number of anilines is 1. The molecule has 0 aliphatic carbocycles. The van der Waals surface area contributed by atoms with Crippen molar-refractivity contribution >= 4 is 17.9 Å². The molecule has 2 unspecified atom stereocenters. The third-order valence-electron chi connectivity index (χ3n) is 5.59. The average molecular weight is 482 g/mol. The van der Waals surface area contributed by atoms with Gasteiger partial charge in [0.05, 0.1) is 30.0 Å². The Morgan fingerprint density at radius 1 is 1.11 bits per heavy atom. The fourth-order valence-electron chi connectivity index (χ4n) is 3.85. The summed E-state index contributed by atoms with van der Waals surface area (Å²) in [7, 11) is 3.92. The van der Waals surface area contributed by atoms with Crippen molar-refractivity contribution in [2.45, 2.75) is 44.8 Å². The molecule has 3 aromatic rings. The summed E-state index contributed by atoms with van der Waals surface area (Å²) in [6.07, 6.45) is 0.400. The third kappa shape index (κ3) is 6.55. The molecule has 35 heavy (non-hydrogen) atoms. The Morgan fingerprint density at radius 2 is 1.80 bits per heavy atom. The van der Waals surface area contributed by atoms with Crippen LogP contribution in [0, 0.1) is 5.82 Å². The predicted octanol–water partition coefficient (Wildman–Crippen LogP) is 4.60. The molecule has 0 saturated carbocycles. The number of rotatable bonds is 10. The fourth-order valence-corrected chi connectivity index (χ4v) is 3.85. The number of aromatic nitrogens is 2. The number of carboxylic acids is 1. The maximum absolute atomic E-state index is 13.7. The first-order chi connectivity index (χ1) is 16.6. The number of aliphatic hydroxyl groups excluding tert-OH is 2. The van der Waals surface area contributed by atoms with Gasteiger partial charge in [-0.2, -0.15) is 0 Å². The first-order valence-electron chi connectivity index (χ1n) is 11.5. The average Bonchev–Trinajstić information content (AvgIpc) is 3.17. The van der Waals surface area contributed by atoms with Crippen LogP contribution in [0.2, 0.25) is 0 Å². The van der Waals surface area contributed by atoms with Crippen molar-refractivity contribution < 1.29 is 24.5 Å². The van der Waals surface area contributed by atoms with Crippen molar-refractivity contribution in [3.63, 3.8) is 0 Å². The third-order valence-corrected chi connectivity index (χ3v) is 5.59. The van der Waals surface area contributed by atoms with E-state index in [0.29, 0.717) is 5.69 Å². The largest absolute Gasteiger partial charge is 0.481 e. The molecule has 0 amide bonds. The highest BCUT2D eigenvalue weighted by Gasteiger charge is 2.22. The van der Waals surface area contributed by atoms with Gasteiger partial charge >= 0.3 is 5.97 Å². The summed E-state index contributed by atoms with van der Waals surface area (Å²) in [5.74, 6) is -0.712. The molecule has 7 nitrogen and oxygen atoms in total. The molecule has 3 N–H and O–H groups in total. The molecule has 2 aromatic carbocycles. The van der Waals surface area contributed by atoms with Crippen LogP contribution in [0.1, 0.15) is 38.4 Å². The zero-order chi connectivity index (χ0) is 25.7. The van der Waals surface area contributed by atoms with E-state index in [4.69, 9.17) is 10.1 Å². The van der Waals surface area contributed by atoms with E-state index < -0.39 is 24.6 Å². The van der Waals surface area contributed by atoms with Crippen LogP contribution in [0.25, 0.3) is 28.7 Å². The Balaban J connectivity index is 2.14. The maximum Gasteiger partial charge on any atom is 0.305 e. The molecule has 3 rings (SSSR count). The standard InChI is InChI=1S/C27H32FN3O4/c1-17(2)27-29-25(19-6-5-7-21(14-19)30(3)4)26(18-8-10-20(28)11-9-18)31(27)13-12-22(32)15-23(33)16-24(34)35/h5-14,17,22-23,32-33H,15-16H2,1-4H3,(H,34,35)/b13-12+. The second-order valence-corrected chi connectivity index (χ2v) is 9.04. The van der Waals surface area contributed by atoms with Crippen LogP contribution >= 0.6 is 0 Å². The molecule has 1 aromatic heterocycles. The fraction of sp³-hybridized carbons (Fsp3) is 0.333. The van der Waals surface area contributed by atoms with Gasteiger partial charge in [-0.05, 0) is 42.5 Å². The normalized spacial score (nSPS) is 13.4. The molecular formula is C27H32FN3O4. The topological polar surface area (TPSA) is 98.8 Å². The minimum atomic E-state index is -1.17. The molecule has 2 atom stereocenters. The first kappa shape index (κ1) is 26.1. The Kier molecular flexibility index (Phi) is 8.43. The van der Waals surface area contributed by atoms with Gasteiger partial charge in [-0.25, -0.2) is 9.37 Å². The van der Waals surface area contributed by atoms with Crippen LogP contribution in [-0.2, 0) is 4.79 Å². The molecule has 0 saturated heterocycles. The van der Waals surface area contributed by atoms with Crippen molar-refractivity contribution in [3.05, 3.63) is 66.2 Å². The second kappa shape index (κ2) is 11.3. The molecule has 0 radical (unpaired) electrons. The summed E-state index contributed by atoms with van der Waals surface area (Å²) in [6.45, 7) is 4.02. The van der Waals surface area contributed by atoms with E-state index in [9.17, 15) is 19.4 Å². The summed E-state index contributed by atoms with van der Waals surface area (Å²) in [5, 5.41) is 29.1. The summed E-state index contributed by atoms with van der Waals surface area (Å²) >= 11 is 0. The van der Waals surface area contributed by atoms with Crippen LogP contribution in [0.5, 0.6) is 0 Å². The highest BCUT2D eigenvalue weighted by Crippen LogP contribution is 2.36. The number of benzene rings is 2. The van der Waals surface area contributed by atoms with Crippen molar-refractivity contribution in [2.24, 2.45) is 0 Å². The lowest BCUT2D eigenvalue weighted by atomic mass is 10.0. The quantitative estimate of drug-likeness (QED) is 0.391. The smallest absolute Gasteiger partial charge is 0.305 e. The Bertz CT molecular complexity index is 1190. The summed E-state index contributed by atoms with van der Waals surface area (Å²) < 4.78 is 15.6. The van der Waals surface area contributed by atoms with Crippen LogP contribution in [0.3, 0.4) is 0 Å². The van der Waals surface area contributed by atoms with Crippen molar-refractivity contribution in [1.29, 1.82) is 0 Å². The van der Waals surface area contributed by atoms with E-state index in [2.05, 4.69) is 0 Å².